The van der Waals surface area contributed by atoms with Gasteiger partial charge in [-0.15, -0.1) is 0 Å². The summed E-state index contributed by atoms with van der Waals surface area (Å²) in [5.74, 6) is -2.66. The number of nitrogens with zero attached hydrogens (tertiary/aromatic N) is 3. The maximum atomic E-state index is 14.0. The minimum Gasteiger partial charge on any atom is -0.495 e. The number of unbranched alkanes of at least 4 members (excludes halogenated alkanes) is 14. The molecule has 2 heterocycles. The minimum absolute atomic E-state index is 0.124. The Morgan fingerprint density at radius 3 is 1.96 bits per heavy atom. The van der Waals surface area contributed by atoms with Crippen LogP contribution in [-0.2, 0) is 19.1 Å². The molecule has 1 fully saturated rings. The number of imide groups is 1. The molecule has 1 aliphatic rings. The lowest BCUT2D eigenvalue weighted by molar-refractivity contribution is -0.137. The van der Waals surface area contributed by atoms with Crippen LogP contribution in [0.15, 0.2) is 61.1 Å². The average Bonchev–Trinajstić information content (AvgIpc) is 3.72. The monoisotopic (exact) mass is 743 g/mol. The maximum absolute atomic E-state index is 14.0. The fourth-order valence-corrected chi connectivity index (χ4v) is 6.56. The lowest BCUT2D eigenvalue weighted by Crippen LogP contribution is -2.53. The van der Waals surface area contributed by atoms with Crippen LogP contribution in [0.3, 0.4) is 0 Å². The number of methoxy groups -OCH3 is 1. The number of ether oxygens (including phenoxy) is 2. The highest BCUT2D eigenvalue weighted by atomic mass is 16.6. The fraction of sp³-hybridized carbons (Fsp3) is 0.524. The van der Waals surface area contributed by atoms with Crippen LogP contribution in [0.5, 0.6) is 5.75 Å². The van der Waals surface area contributed by atoms with E-state index in [1.165, 1.54) is 117 Å². The molecule has 1 aliphatic heterocycles. The molecule has 0 aliphatic carbocycles. The van der Waals surface area contributed by atoms with Gasteiger partial charge in [-0.3, -0.25) is 19.2 Å². The summed E-state index contributed by atoms with van der Waals surface area (Å²) in [6.45, 7) is 5.01. The Kier molecular flexibility index (Phi) is 16.3. The second kappa shape index (κ2) is 21.0. The molecule has 2 aromatic carbocycles. The molecule has 292 valence electrons. The van der Waals surface area contributed by atoms with Crippen molar-refractivity contribution in [3.8, 4) is 11.4 Å². The predicted octanol–water partition coefficient (Wildman–Crippen LogP) is 9.03. The number of para-hydroxylation sites is 1. The van der Waals surface area contributed by atoms with Gasteiger partial charge in [0.05, 0.1) is 12.8 Å². The molecule has 12 nitrogen and oxygen atoms in total. The SMILES string of the molecule is CCCCCCCCCCCCCCCCCC(=O)Nc1ccc(OC)c(NC(=O)C(C(=O)c2cn(-c3ccccc3)cn2)N2C(=O)OC(C)(C)C2=O)c1. The van der Waals surface area contributed by atoms with Gasteiger partial charge in [-0.25, -0.2) is 14.7 Å². The summed E-state index contributed by atoms with van der Waals surface area (Å²) in [6.07, 6.45) is 20.7. The van der Waals surface area contributed by atoms with Gasteiger partial charge >= 0.3 is 6.09 Å². The highest BCUT2D eigenvalue weighted by Crippen LogP contribution is 2.31. The summed E-state index contributed by atoms with van der Waals surface area (Å²) in [7, 11) is 1.41. The van der Waals surface area contributed by atoms with E-state index in [0.29, 0.717) is 22.7 Å². The Hall–Kier alpha value is -5.00. The standard InChI is InChI=1S/C42H57N5O7/c1-5-6-7-8-9-10-11-12-13-14-15-16-17-18-22-25-36(48)44-31-26-27-35(53-4)33(28-31)45-39(50)37(47-40(51)42(2,3)54-41(47)52)38(49)34-29-46(30-43-34)32-23-20-19-21-24-32/h19-21,23-24,26-30,37H,5-18,22,25H2,1-4H3,(H,44,48)(H,45,50). The summed E-state index contributed by atoms with van der Waals surface area (Å²) >= 11 is 0. The predicted molar refractivity (Wildman–Crippen MR) is 209 cm³/mol. The van der Waals surface area contributed by atoms with Crippen LogP contribution in [0.1, 0.15) is 134 Å². The van der Waals surface area contributed by atoms with Gasteiger partial charge in [0.25, 0.3) is 11.8 Å². The highest BCUT2D eigenvalue weighted by Gasteiger charge is 2.54. The van der Waals surface area contributed by atoms with Crippen molar-refractivity contribution in [3.63, 3.8) is 0 Å². The van der Waals surface area contributed by atoms with E-state index in [0.717, 1.165) is 19.3 Å². The van der Waals surface area contributed by atoms with Crippen molar-refractivity contribution in [2.75, 3.05) is 17.7 Å². The van der Waals surface area contributed by atoms with E-state index in [1.54, 1.807) is 16.7 Å². The van der Waals surface area contributed by atoms with Gasteiger partial charge in [-0.1, -0.05) is 115 Å². The van der Waals surface area contributed by atoms with Crippen LogP contribution >= 0.6 is 0 Å². The van der Waals surface area contributed by atoms with Crippen molar-refractivity contribution in [2.45, 2.75) is 135 Å². The highest BCUT2D eigenvalue weighted by molar-refractivity contribution is 6.21. The number of hydrogen-bond acceptors (Lipinski definition) is 8. The topological polar surface area (TPSA) is 149 Å². The van der Waals surface area contributed by atoms with Gasteiger partial charge in [-0.05, 0) is 50.6 Å². The summed E-state index contributed by atoms with van der Waals surface area (Å²) in [6, 6.07) is 11.9. The Balaban J connectivity index is 1.31. The maximum Gasteiger partial charge on any atom is 0.418 e. The number of hydrogen-bond donors (Lipinski definition) is 2. The van der Waals surface area contributed by atoms with Gasteiger partial charge < -0.3 is 24.7 Å². The van der Waals surface area contributed by atoms with Gasteiger partial charge in [0.15, 0.2) is 11.6 Å². The molecule has 54 heavy (non-hydrogen) atoms. The van der Waals surface area contributed by atoms with E-state index in [2.05, 4.69) is 22.5 Å². The zero-order chi connectivity index (χ0) is 38.9. The summed E-state index contributed by atoms with van der Waals surface area (Å²) in [4.78, 5) is 71.7. The number of nitrogens with one attached hydrogen (secondary N) is 2. The van der Waals surface area contributed by atoms with Gasteiger partial charge in [0.1, 0.15) is 17.8 Å². The number of imidazole rings is 1. The third kappa shape index (κ3) is 12.0. The van der Waals surface area contributed by atoms with Crippen molar-refractivity contribution in [1.29, 1.82) is 0 Å². The van der Waals surface area contributed by atoms with Crippen LogP contribution < -0.4 is 15.4 Å². The Morgan fingerprint density at radius 2 is 1.41 bits per heavy atom. The minimum atomic E-state index is -1.95. The molecule has 12 heteroatoms. The summed E-state index contributed by atoms with van der Waals surface area (Å²) in [5.41, 5.74) is -0.492. The van der Waals surface area contributed by atoms with E-state index in [9.17, 15) is 24.0 Å². The number of rotatable bonds is 24. The van der Waals surface area contributed by atoms with Crippen LogP contribution in [0.4, 0.5) is 16.2 Å². The van der Waals surface area contributed by atoms with E-state index in [4.69, 9.17) is 9.47 Å². The molecule has 1 saturated heterocycles. The van der Waals surface area contributed by atoms with E-state index < -0.39 is 35.3 Å². The quantitative estimate of drug-likeness (QED) is 0.0525. The Morgan fingerprint density at radius 1 is 0.815 bits per heavy atom. The summed E-state index contributed by atoms with van der Waals surface area (Å²) in [5, 5.41) is 5.51. The van der Waals surface area contributed by atoms with Crippen molar-refractivity contribution < 1.29 is 33.4 Å². The fourth-order valence-electron chi connectivity index (χ4n) is 6.56. The first-order valence-electron chi connectivity index (χ1n) is 19.5. The van der Waals surface area contributed by atoms with Crippen molar-refractivity contribution in [2.24, 2.45) is 0 Å². The second-order valence-electron chi connectivity index (χ2n) is 14.5. The van der Waals surface area contributed by atoms with E-state index in [1.807, 2.05) is 30.3 Å². The molecule has 2 N–H and O–H groups in total. The normalized spacial score (nSPS) is 14.1. The number of aromatic nitrogens is 2. The molecule has 0 saturated carbocycles. The first-order chi connectivity index (χ1) is 26.1. The molecule has 1 unspecified atom stereocenters. The number of anilines is 2. The first-order valence-corrected chi connectivity index (χ1v) is 19.5. The van der Waals surface area contributed by atoms with Gasteiger partial charge in [0, 0.05) is 24.0 Å². The zero-order valence-corrected chi connectivity index (χ0v) is 32.4. The van der Waals surface area contributed by atoms with Crippen molar-refractivity contribution >= 4 is 41.0 Å². The number of benzene rings is 2. The molecule has 1 aromatic heterocycles. The molecule has 1 atom stereocenters. The smallest absolute Gasteiger partial charge is 0.418 e. The number of cyclic esters (lactones) is 1. The lowest BCUT2D eigenvalue weighted by Gasteiger charge is -2.23. The number of ketones is 1. The largest absolute Gasteiger partial charge is 0.495 e. The van der Waals surface area contributed by atoms with E-state index in [-0.39, 0.29) is 23.0 Å². The molecule has 3 aromatic rings. The number of carbonyl (C=O) groups excluding carboxylic acids is 5. The molecule has 0 radical (unpaired) electrons. The average molecular weight is 744 g/mol. The zero-order valence-electron chi connectivity index (χ0n) is 32.4. The molecule has 4 rings (SSSR count). The molecular formula is C42H57N5O7. The second-order valence-corrected chi connectivity index (χ2v) is 14.5. The summed E-state index contributed by atoms with van der Waals surface area (Å²) < 4.78 is 12.3. The van der Waals surface area contributed by atoms with Crippen LogP contribution in [0.2, 0.25) is 0 Å². The van der Waals surface area contributed by atoms with Gasteiger partial charge in [0.2, 0.25) is 11.7 Å². The van der Waals surface area contributed by atoms with Crippen LogP contribution in [0.25, 0.3) is 5.69 Å². The van der Waals surface area contributed by atoms with Crippen LogP contribution in [-0.4, -0.2) is 62.8 Å². The molecule has 4 amide bonds. The number of Topliss-reactive ketones (excluding diaryl/α,β-unsaturated/α-hetero) is 1. The molecule has 0 bridgehead atoms. The van der Waals surface area contributed by atoms with Gasteiger partial charge in [-0.2, -0.15) is 0 Å². The van der Waals surface area contributed by atoms with Crippen molar-refractivity contribution in [3.05, 3.63) is 66.7 Å². The molecular weight excluding hydrogens is 686 g/mol. The third-order valence-corrected chi connectivity index (χ3v) is 9.67. The Labute approximate surface area is 319 Å². The molecule has 0 spiro atoms. The Bertz CT molecular complexity index is 1700. The van der Waals surface area contributed by atoms with Crippen molar-refractivity contribution in [1.82, 2.24) is 14.5 Å². The lowest BCUT2D eigenvalue weighted by atomic mass is 10.0. The number of carbonyl (C=O) groups is 5. The number of amides is 4. The first kappa shape index (κ1) is 41.8. The van der Waals surface area contributed by atoms with E-state index >= 15 is 0 Å². The third-order valence-electron chi connectivity index (χ3n) is 9.67. The van der Waals surface area contributed by atoms with Crippen LogP contribution in [0, 0.1) is 0 Å².